The quantitative estimate of drug-likeness (QED) is 0.459. The Kier molecular flexibility index (Phi) is 26.5. The molecule has 2 aliphatic rings. The zero-order valence-corrected chi connectivity index (χ0v) is 13.9. The van der Waals surface area contributed by atoms with Crippen molar-refractivity contribution < 1.29 is 25.8 Å². The van der Waals surface area contributed by atoms with Crippen LogP contribution in [0, 0.1) is 71.6 Å². The van der Waals surface area contributed by atoms with Gasteiger partial charge in [0.1, 0.15) is 0 Å². The van der Waals surface area contributed by atoms with Crippen LogP contribution in [0.4, 0.5) is 0 Å². The van der Waals surface area contributed by atoms with E-state index >= 15 is 0 Å². The number of hydrogen-bond acceptors (Lipinski definition) is 0. The van der Waals surface area contributed by atoms with E-state index in [2.05, 4.69) is 17.4 Å². The molecule has 0 aliphatic heterocycles. The van der Waals surface area contributed by atoms with E-state index in [9.17, 15) is 0 Å². The number of hydrogen-bond donors (Lipinski definition) is 0. The molecule has 0 heterocycles. The molecule has 0 N–H and O–H groups in total. The number of rotatable bonds is 0. The van der Waals surface area contributed by atoms with E-state index < -0.39 is 0 Å². The minimum atomic E-state index is -0.139. The Bertz CT molecular complexity index is 68.9. The van der Waals surface area contributed by atoms with Gasteiger partial charge in [0.25, 0.3) is 14.1 Å². The molecule has 0 atom stereocenters. The van der Waals surface area contributed by atoms with Crippen molar-refractivity contribution in [2.45, 2.75) is 17.4 Å². The van der Waals surface area contributed by atoms with Crippen molar-refractivity contribution in [1.82, 2.24) is 0 Å². The Balaban J connectivity index is -0.000000151. The van der Waals surface area contributed by atoms with E-state index in [1.165, 1.54) is 0 Å². The molecule has 0 unspecified atom stereocenters. The molecule has 0 saturated heterocycles. The van der Waals surface area contributed by atoms with Gasteiger partial charge >= 0.3 is 0 Å². The van der Waals surface area contributed by atoms with Gasteiger partial charge in [-0.1, -0.05) is 0 Å². The van der Waals surface area contributed by atoms with E-state index in [4.69, 9.17) is 0 Å². The summed E-state index contributed by atoms with van der Waals surface area (Å²) in [7, 11) is 0. The first-order chi connectivity index (χ1) is 6.73. The van der Waals surface area contributed by atoms with Crippen molar-refractivity contribution in [2.75, 3.05) is 0 Å². The van der Waals surface area contributed by atoms with E-state index in [1.54, 1.807) is 0 Å². The van der Waals surface area contributed by atoms with Crippen LogP contribution in [0.15, 0.2) is 0 Å². The first kappa shape index (κ1) is 22.6. The maximum absolute atomic E-state index is 2.31. The van der Waals surface area contributed by atoms with E-state index in [1.807, 2.05) is 64.2 Å². The Labute approximate surface area is 128 Å². The molecule has 2 fully saturated rings. The molecule has 0 spiro atoms. The molecule has 0 bridgehead atoms. The molecule has 0 amide bonds. The van der Waals surface area contributed by atoms with Crippen molar-refractivity contribution in [1.29, 1.82) is 0 Å². The zero-order chi connectivity index (χ0) is 10.6. The summed E-state index contributed by atoms with van der Waals surface area (Å²) in [6, 6.07) is 0. The summed E-state index contributed by atoms with van der Waals surface area (Å²) in [6.45, 7) is 0. The van der Waals surface area contributed by atoms with Crippen LogP contribution in [0.2, 0.25) is 17.4 Å². The largest absolute Gasteiger partial charge is 0.358 e. The molecule has 85 valence electrons. The van der Waals surface area contributed by atoms with Crippen molar-refractivity contribution in [2.24, 2.45) is 0 Å². The first-order valence-corrected chi connectivity index (χ1v) is 8.53. The summed E-state index contributed by atoms with van der Waals surface area (Å²) in [5.41, 5.74) is 0. The minimum Gasteiger partial charge on any atom is -0.358 e. The van der Waals surface area contributed by atoms with Gasteiger partial charge in [0, 0.05) is 25.8 Å². The van der Waals surface area contributed by atoms with Gasteiger partial charge in [-0.05, 0) is 64.2 Å². The van der Waals surface area contributed by atoms with Crippen LogP contribution in [-0.4, -0.2) is 14.1 Å². The van der Waals surface area contributed by atoms with Crippen LogP contribution < -0.4 is 0 Å². The molecule has 2 saturated carbocycles. The smallest absolute Gasteiger partial charge is 0.251 e. The monoisotopic (exact) mass is 262 g/mol. The van der Waals surface area contributed by atoms with E-state index in [-0.39, 0.29) is 47.4 Å². The Morgan fingerprint density at radius 3 is 0.625 bits per heavy atom. The second-order valence-electron chi connectivity index (χ2n) is 3.66. The molecular weight excluding hydrogens is 240 g/mol. The molecule has 11 radical (unpaired) electrons. The topological polar surface area (TPSA) is 0 Å². The van der Waals surface area contributed by atoms with Gasteiger partial charge in [0.05, 0.1) is 0 Å². The van der Waals surface area contributed by atoms with Crippen LogP contribution in [0.3, 0.4) is 0 Å². The molecule has 16 heavy (non-hydrogen) atoms. The molecule has 0 aromatic heterocycles. The summed E-state index contributed by atoms with van der Waals surface area (Å²) in [4.78, 5) is 0. The maximum atomic E-state index is 2.31. The molecule has 0 aromatic rings. The SMILES string of the molecule is [CH3-].[CH3][Al]([CH3])[CH3].[CH]1[CH][CH][CH][CH]1.[CH]1[CH][CH][CH][CH]1.[Sc]. The van der Waals surface area contributed by atoms with Crippen molar-refractivity contribution in [3.8, 4) is 0 Å². The first-order valence-electron chi connectivity index (χ1n) is 5.07. The van der Waals surface area contributed by atoms with Crippen LogP contribution >= 0.6 is 0 Å². The van der Waals surface area contributed by atoms with E-state index in [0.717, 1.165) is 0 Å². The van der Waals surface area contributed by atoms with Crippen molar-refractivity contribution in [3.63, 3.8) is 0 Å². The van der Waals surface area contributed by atoms with Gasteiger partial charge in [-0.2, -0.15) is 0 Å². The van der Waals surface area contributed by atoms with Gasteiger partial charge in [0.15, 0.2) is 0 Å². The van der Waals surface area contributed by atoms with E-state index in [0.29, 0.717) is 0 Å². The third kappa shape index (κ3) is 24.6. The van der Waals surface area contributed by atoms with Gasteiger partial charge < -0.3 is 7.43 Å². The summed E-state index contributed by atoms with van der Waals surface area (Å²) in [5.74, 6) is 6.92. The summed E-state index contributed by atoms with van der Waals surface area (Å²) < 4.78 is 0. The van der Waals surface area contributed by atoms with Gasteiger partial charge in [-0.3, -0.25) is 0 Å². The average molecular weight is 262 g/mol. The van der Waals surface area contributed by atoms with Crippen LogP contribution in [0.5, 0.6) is 0 Å². The molecule has 2 heteroatoms. The molecular formula is C14H22AlSc-. The van der Waals surface area contributed by atoms with Crippen LogP contribution in [-0.2, 0) is 25.8 Å². The molecule has 0 nitrogen and oxygen atoms in total. The Morgan fingerprint density at radius 2 is 0.562 bits per heavy atom. The fraction of sp³-hybridized carbons (Fsp3) is 0.214. The molecule has 0 aromatic carbocycles. The zero-order valence-electron chi connectivity index (χ0n) is 10.9. The van der Waals surface area contributed by atoms with Gasteiger partial charge in [0.2, 0.25) is 0 Å². The maximum Gasteiger partial charge on any atom is 0.251 e. The fourth-order valence-corrected chi connectivity index (χ4v) is 0.642. The van der Waals surface area contributed by atoms with Crippen LogP contribution in [0.25, 0.3) is 0 Å². The fourth-order valence-electron chi connectivity index (χ4n) is 0.642. The Morgan fingerprint density at radius 1 is 0.500 bits per heavy atom. The normalized spacial score (nSPS) is 16.7. The van der Waals surface area contributed by atoms with Gasteiger partial charge in [-0.15, -0.1) is 17.4 Å². The predicted octanol–water partition coefficient (Wildman–Crippen LogP) is 3.86. The average Bonchev–Trinajstić information content (AvgIpc) is 2.83. The summed E-state index contributed by atoms with van der Waals surface area (Å²) in [5, 5.41) is 0. The predicted molar refractivity (Wildman–Crippen MR) is 72.8 cm³/mol. The molecule has 2 rings (SSSR count). The minimum absolute atomic E-state index is 0. The Hall–Kier alpha value is 1.40. The standard InChI is InChI=1S/2C5H5.4CH3.Al.Sc/c2*1-2-4-5-3-1;;;;;;/h2*1-5H;4*1H3;;/q;;;;;-1;;. The third-order valence-corrected chi connectivity index (χ3v) is 1.11. The van der Waals surface area contributed by atoms with Crippen LogP contribution in [0.1, 0.15) is 0 Å². The summed E-state index contributed by atoms with van der Waals surface area (Å²) >= 11 is -0.139. The molecule has 2 aliphatic carbocycles. The van der Waals surface area contributed by atoms with Crippen molar-refractivity contribution >= 4 is 14.1 Å². The summed E-state index contributed by atoms with van der Waals surface area (Å²) in [6.07, 6.45) is 20.0. The van der Waals surface area contributed by atoms with Gasteiger partial charge in [-0.25, -0.2) is 0 Å². The van der Waals surface area contributed by atoms with Crippen molar-refractivity contribution in [3.05, 3.63) is 71.6 Å². The second-order valence-corrected chi connectivity index (χ2v) is 7.12. The third-order valence-electron chi connectivity index (χ3n) is 1.11. The second kappa shape index (κ2) is 18.8.